The molecule has 20 heavy (non-hydrogen) atoms. The fourth-order valence-electron chi connectivity index (χ4n) is 2.66. The average Bonchev–Trinajstić information content (AvgIpc) is 2.82. The number of fused-ring (bicyclic) bond motifs is 1. The fraction of sp³-hybridized carbons (Fsp3) is 0.200. The van der Waals surface area contributed by atoms with E-state index in [1.54, 1.807) is 0 Å². The molecule has 3 N–H and O–H groups in total. The van der Waals surface area contributed by atoms with E-state index >= 15 is 0 Å². The summed E-state index contributed by atoms with van der Waals surface area (Å²) < 4.78 is 0. The number of nitrogens with two attached hydrogens (primary N) is 1. The Morgan fingerprint density at radius 3 is 2.80 bits per heavy atom. The predicted molar refractivity (Wildman–Crippen MR) is 77.7 cm³/mol. The number of amides is 1. The lowest BCUT2D eigenvalue weighted by Gasteiger charge is -2.20. The summed E-state index contributed by atoms with van der Waals surface area (Å²) in [7, 11) is 0. The number of nitrogens with zero attached hydrogens (tertiary/aromatic N) is 1. The Kier molecular flexibility index (Phi) is 3.32. The summed E-state index contributed by atoms with van der Waals surface area (Å²) in [6.45, 7) is 1.60. The maximum absolute atomic E-state index is 11.7. The van der Waals surface area contributed by atoms with E-state index in [0.717, 1.165) is 30.8 Å². The van der Waals surface area contributed by atoms with Crippen LogP contribution in [0.25, 0.3) is 0 Å². The van der Waals surface area contributed by atoms with Crippen LogP contribution in [0.15, 0.2) is 36.5 Å². The topological polar surface area (TPSA) is 60.5 Å². The number of aromatic amines is 1. The first kappa shape index (κ1) is 12.9. The first-order valence-electron chi connectivity index (χ1n) is 6.48. The highest BCUT2D eigenvalue weighted by molar-refractivity contribution is 6.32. The van der Waals surface area contributed by atoms with Gasteiger partial charge in [0.15, 0.2) is 6.20 Å². The molecule has 1 aromatic carbocycles. The van der Waals surface area contributed by atoms with Crippen molar-refractivity contribution in [2.75, 3.05) is 11.4 Å². The number of primary amides is 1. The molecule has 1 amide bonds. The van der Waals surface area contributed by atoms with Crippen molar-refractivity contribution in [2.45, 2.75) is 13.0 Å². The largest absolute Gasteiger partial charge is 0.366 e. The zero-order valence-electron chi connectivity index (χ0n) is 10.9. The number of hydrogen-bond donors (Lipinski definition) is 1. The standard InChI is InChI=1S/C15H14ClN3O/c16-14-12(15(17)20)13-11(8-18-14)6-7-19(13)9-10-4-2-1-3-5-10/h1-5,8H,6-7,9H2,(H2,17,20)/p+1. The van der Waals surface area contributed by atoms with Gasteiger partial charge in [0.1, 0.15) is 5.56 Å². The van der Waals surface area contributed by atoms with Gasteiger partial charge in [-0.3, -0.25) is 4.79 Å². The Balaban J connectivity index is 2.00. The number of carbonyl (C=O) groups excluding carboxylic acids is 1. The van der Waals surface area contributed by atoms with Gasteiger partial charge in [-0.05, 0) is 23.6 Å². The van der Waals surface area contributed by atoms with Gasteiger partial charge in [0.05, 0.1) is 5.69 Å². The molecule has 2 aromatic rings. The first-order chi connectivity index (χ1) is 9.66. The van der Waals surface area contributed by atoms with Gasteiger partial charge in [-0.15, -0.1) is 0 Å². The van der Waals surface area contributed by atoms with Crippen LogP contribution in [0.2, 0.25) is 5.15 Å². The first-order valence-corrected chi connectivity index (χ1v) is 6.86. The Bertz CT molecular complexity index is 658. The number of hydrogen-bond acceptors (Lipinski definition) is 2. The lowest BCUT2D eigenvalue weighted by atomic mass is 10.1. The van der Waals surface area contributed by atoms with Gasteiger partial charge in [-0.25, -0.2) is 4.98 Å². The van der Waals surface area contributed by atoms with E-state index in [0.29, 0.717) is 10.7 Å². The predicted octanol–water partition coefficient (Wildman–Crippen LogP) is 1.82. The SMILES string of the molecule is NC(=O)c1c(Cl)[nH+]cc2c1N(Cc1ccccc1)CC2. The minimum atomic E-state index is -0.497. The number of pyridine rings is 1. The third-order valence-electron chi connectivity index (χ3n) is 3.56. The van der Waals surface area contributed by atoms with E-state index in [-0.39, 0.29) is 0 Å². The van der Waals surface area contributed by atoms with E-state index < -0.39 is 5.91 Å². The minimum absolute atomic E-state index is 0.302. The van der Waals surface area contributed by atoms with Crippen LogP contribution in [-0.2, 0) is 13.0 Å². The molecule has 3 rings (SSSR count). The molecule has 0 aliphatic carbocycles. The molecule has 0 radical (unpaired) electrons. The number of halogens is 1. The third kappa shape index (κ3) is 2.23. The number of carbonyl (C=O) groups is 1. The van der Waals surface area contributed by atoms with Crippen LogP contribution in [0.5, 0.6) is 0 Å². The van der Waals surface area contributed by atoms with Crippen molar-refractivity contribution >= 4 is 23.2 Å². The number of anilines is 1. The van der Waals surface area contributed by atoms with Crippen molar-refractivity contribution in [1.29, 1.82) is 0 Å². The molecular weight excluding hydrogens is 274 g/mol. The molecule has 0 spiro atoms. The highest BCUT2D eigenvalue weighted by atomic mass is 35.5. The molecule has 0 atom stereocenters. The second kappa shape index (κ2) is 5.13. The average molecular weight is 289 g/mol. The molecule has 0 fully saturated rings. The Labute approximate surface area is 122 Å². The summed E-state index contributed by atoms with van der Waals surface area (Å²) in [6, 6.07) is 10.1. The lowest BCUT2D eigenvalue weighted by Crippen LogP contribution is -2.25. The minimum Gasteiger partial charge on any atom is -0.366 e. The van der Waals surface area contributed by atoms with Gasteiger partial charge in [-0.1, -0.05) is 30.3 Å². The van der Waals surface area contributed by atoms with Crippen molar-refractivity contribution in [3.8, 4) is 0 Å². The van der Waals surface area contributed by atoms with Gasteiger partial charge in [-0.2, -0.15) is 0 Å². The zero-order chi connectivity index (χ0) is 14.1. The molecule has 2 heterocycles. The van der Waals surface area contributed by atoms with Crippen LogP contribution in [0, 0.1) is 0 Å². The van der Waals surface area contributed by atoms with Crippen LogP contribution in [0.1, 0.15) is 21.5 Å². The van der Waals surface area contributed by atoms with Crippen molar-refractivity contribution in [3.05, 3.63) is 58.4 Å². The van der Waals surface area contributed by atoms with Gasteiger partial charge >= 0.3 is 0 Å². The number of aromatic nitrogens is 1. The molecule has 1 aromatic heterocycles. The van der Waals surface area contributed by atoms with Crippen molar-refractivity contribution in [1.82, 2.24) is 0 Å². The number of rotatable bonds is 3. The van der Waals surface area contributed by atoms with Gasteiger partial charge in [0, 0.05) is 18.7 Å². The molecule has 0 bridgehead atoms. The molecule has 1 aliphatic rings. The van der Waals surface area contributed by atoms with E-state index in [1.165, 1.54) is 5.56 Å². The summed E-state index contributed by atoms with van der Waals surface area (Å²) >= 11 is 6.09. The number of H-pyrrole nitrogens is 1. The Morgan fingerprint density at radius 1 is 1.35 bits per heavy atom. The number of benzene rings is 1. The zero-order valence-corrected chi connectivity index (χ0v) is 11.7. The summed E-state index contributed by atoms with van der Waals surface area (Å²) in [5.74, 6) is -0.497. The van der Waals surface area contributed by atoms with Crippen LogP contribution in [0.3, 0.4) is 0 Å². The Hall–Kier alpha value is -2.07. The van der Waals surface area contributed by atoms with Crippen LogP contribution in [0.4, 0.5) is 5.69 Å². The summed E-state index contributed by atoms with van der Waals surface area (Å²) in [5.41, 5.74) is 9.00. The molecule has 5 heteroatoms. The molecule has 102 valence electrons. The van der Waals surface area contributed by atoms with E-state index in [1.807, 2.05) is 24.4 Å². The smallest absolute Gasteiger partial charge is 0.288 e. The van der Waals surface area contributed by atoms with Gasteiger partial charge in [0.25, 0.3) is 11.1 Å². The summed E-state index contributed by atoms with van der Waals surface area (Å²) in [5, 5.41) is 0.302. The number of nitrogens with one attached hydrogen (secondary N) is 1. The summed E-state index contributed by atoms with van der Waals surface area (Å²) in [4.78, 5) is 16.7. The summed E-state index contributed by atoms with van der Waals surface area (Å²) in [6.07, 6.45) is 2.74. The second-order valence-corrected chi connectivity index (χ2v) is 5.25. The molecule has 0 unspecified atom stereocenters. The normalized spacial score (nSPS) is 13.3. The third-order valence-corrected chi connectivity index (χ3v) is 3.86. The van der Waals surface area contributed by atoms with Crippen LogP contribution in [-0.4, -0.2) is 12.5 Å². The quantitative estimate of drug-likeness (QED) is 0.876. The molecule has 1 aliphatic heterocycles. The lowest BCUT2D eigenvalue weighted by molar-refractivity contribution is -0.376. The Morgan fingerprint density at radius 2 is 2.10 bits per heavy atom. The highest BCUT2D eigenvalue weighted by Crippen LogP contribution is 2.34. The monoisotopic (exact) mass is 288 g/mol. The van der Waals surface area contributed by atoms with Crippen molar-refractivity contribution < 1.29 is 9.78 Å². The van der Waals surface area contributed by atoms with Crippen molar-refractivity contribution in [2.24, 2.45) is 5.73 Å². The maximum atomic E-state index is 11.7. The van der Waals surface area contributed by atoms with E-state index in [9.17, 15) is 4.79 Å². The van der Waals surface area contributed by atoms with E-state index in [2.05, 4.69) is 22.0 Å². The molecular formula is C15H15ClN3O+. The van der Waals surface area contributed by atoms with Gasteiger partial charge < -0.3 is 10.6 Å². The molecule has 4 nitrogen and oxygen atoms in total. The van der Waals surface area contributed by atoms with E-state index in [4.69, 9.17) is 17.3 Å². The van der Waals surface area contributed by atoms with Crippen LogP contribution < -0.4 is 15.6 Å². The fourth-order valence-corrected chi connectivity index (χ4v) is 2.90. The molecule has 0 saturated carbocycles. The maximum Gasteiger partial charge on any atom is 0.288 e. The van der Waals surface area contributed by atoms with Crippen molar-refractivity contribution in [3.63, 3.8) is 0 Å². The second-order valence-electron chi connectivity index (χ2n) is 4.87. The van der Waals surface area contributed by atoms with Gasteiger partial charge in [0.2, 0.25) is 0 Å². The molecule has 0 saturated heterocycles. The highest BCUT2D eigenvalue weighted by Gasteiger charge is 2.30. The van der Waals surface area contributed by atoms with Crippen LogP contribution >= 0.6 is 11.6 Å².